The van der Waals surface area contributed by atoms with Crippen molar-refractivity contribution in [2.45, 2.75) is 13.0 Å². The highest BCUT2D eigenvalue weighted by atomic mass is 32.1. The van der Waals surface area contributed by atoms with Gasteiger partial charge in [0.15, 0.2) is 5.01 Å². The average Bonchev–Trinajstić information content (AvgIpc) is 3.39. The van der Waals surface area contributed by atoms with Crippen molar-refractivity contribution in [2.24, 2.45) is 0 Å². The number of amides is 1. The van der Waals surface area contributed by atoms with E-state index in [9.17, 15) is 4.79 Å². The molecule has 0 atom stereocenters. The quantitative estimate of drug-likeness (QED) is 0.489. The van der Waals surface area contributed by atoms with Crippen LogP contribution in [0, 0.1) is 0 Å². The fourth-order valence-electron chi connectivity index (χ4n) is 2.64. The van der Waals surface area contributed by atoms with Crippen molar-refractivity contribution in [2.75, 3.05) is 6.54 Å². The van der Waals surface area contributed by atoms with Crippen molar-refractivity contribution in [1.29, 1.82) is 0 Å². The molecule has 3 heterocycles. The van der Waals surface area contributed by atoms with E-state index in [-0.39, 0.29) is 5.91 Å². The van der Waals surface area contributed by atoms with E-state index in [1.54, 1.807) is 17.6 Å². The number of carbonyl (C=O) groups is 1. The monoisotopic (exact) mass is 368 g/mol. The number of thiophene rings is 1. The molecule has 0 saturated heterocycles. The number of hydrogen-bond acceptors (Lipinski definition) is 5. The van der Waals surface area contributed by atoms with Gasteiger partial charge >= 0.3 is 0 Å². The number of fused-ring (bicyclic) bond motifs is 1. The van der Waals surface area contributed by atoms with Crippen LogP contribution in [0.1, 0.15) is 20.4 Å². The summed E-state index contributed by atoms with van der Waals surface area (Å²) in [7, 11) is 0. The molecule has 0 N–H and O–H groups in total. The van der Waals surface area contributed by atoms with Gasteiger partial charge in [-0.1, -0.05) is 18.2 Å². The molecule has 0 fully saturated rings. The van der Waals surface area contributed by atoms with Crippen LogP contribution in [0.5, 0.6) is 0 Å². The number of hydrogen-bond donors (Lipinski definition) is 0. The topological polar surface area (TPSA) is 46.3 Å². The zero-order chi connectivity index (χ0) is 17.1. The Morgan fingerprint density at radius 1 is 1.12 bits per heavy atom. The molecule has 0 radical (unpaired) electrons. The number of aromatic nitrogens is 1. The zero-order valence-electron chi connectivity index (χ0n) is 13.4. The molecule has 3 aromatic heterocycles. The van der Waals surface area contributed by atoms with Crippen LogP contribution >= 0.6 is 22.7 Å². The molecule has 4 nitrogen and oxygen atoms in total. The van der Waals surface area contributed by atoms with Crippen LogP contribution in [0.4, 0.5) is 0 Å². The Labute approximate surface area is 153 Å². The Morgan fingerprint density at radius 3 is 2.80 bits per heavy atom. The maximum absolute atomic E-state index is 13.0. The van der Waals surface area contributed by atoms with Gasteiger partial charge in [-0.25, -0.2) is 4.98 Å². The van der Waals surface area contributed by atoms with Gasteiger partial charge in [-0.3, -0.25) is 4.79 Å². The summed E-state index contributed by atoms with van der Waals surface area (Å²) in [5.41, 5.74) is 0.868. The van der Waals surface area contributed by atoms with E-state index in [4.69, 9.17) is 4.42 Å². The molecule has 0 spiro atoms. The van der Waals surface area contributed by atoms with E-state index < -0.39 is 0 Å². The average molecular weight is 368 g/mol. The first-order valence-corrected chi connectivity index (χ1v) is 9.69. The Hall–Kier alpha value is -2.44. The fourth-order valence-corrected chi connectivity index (χ4v) is 4.27. The summed E-state index contributed by atoms with van der Waals surface area (Å²) in [6, 6.07) is 15.7. The highest BCUT2D eigenvalue weighted by Gasteiger charge is 2.21. The molecule has 4 rings (SSSR count). The van der Waals surface area contributed by atoms with Gasteiger partial charge in [-0.15, -0.1) is 22.7 Å². The maximum atomic E-state index is 13.0. The summed E-state index contributed by atoms with van der Waals surface area (Å²) < 4.78 is 6.47. The predicted molar refractivity (Wildman–Crippen MR) is 101 cm³/mol. The second-order valence-corrected chi connectivity index (χ2v) is 7.69. The third kappa shape index (κ3) is 3.65. The van der Waals surface area contributed by atoms with Gasteiger partial charge in [0.25, 0.3) is 5.91 Å². The van der Waals surface area contributed by atoms with Crippen LogP contribution in [-0.4, -0.2) is 22.3 Å². The number of carbonyl (C=O) groups excluding carboxylic acids is 1. The third-order valence-electron chi connectivity index (χ3n) is 3.90. The standard InChI is InChI=1S/C19H16N2O2S2/c22-19(18-20-16-7-1-2-8-17(16)25-18)21(13-14-5-3-11-23-14)10-9-15-6-4-12-24-15/h1-8,11-12H,9-10,13H2. The van der Waals surface area contributed by atoms with Crippen LogP contribution in [0.2, 0.25) is 0 Å². The van der Waals surface area contributed by atoms with E-state index in [1.165, 1.54) is 16.2 Å². The van der Waals surface area contributed by atoms with Gasteiger partial charge in [0.1, 0.15) is 5.76 Å². The SMILES string of the molecule is O=C(c1nc2ccccc2s1)N(CCc1cccs1)Cc1ccco1. The smallest absolute Gasteiger partial charge is 0.283 e. The molecule has 25 heavy (non-hydrogen) atoms. The summed E-state index contributed by atoms with van der Waals surface area (Å²) in [5, 5.41) is 2.58. The first-order valence-electron chi connectivity index (χ1n) is 7.99. The highest BCUT2D eigenvalue weighted by Crippen LogP contribution is 2.23. The second-order valence-electron chi connectivity index (χ2n) is 5.62. The Balaban J connectivity index is 1.57. The van der Waals surface area contributed by atoms with Crippen LogP contribution in [-0.2, 0) is 13.0 Å². The molecule has 0 aliphatic heterocycles. The van der Waals surface area contributed by atoms with Crippen molar-refractivity contribution in [1.82, 2.24) is 9.88 Å². The van der Waals surface area contributed by atoms with Crippen LogP contribution in [0.3, 0.4) is 0 Å². The van der Waals surface area contributed by atoms with Crippen LogP contribution in [0.25, 0.3) is 10.2 Å². The van der Waals surface area contributed by atoms with E-state index in [0.29, 0.717) is 18.1 Å². The van der Waals surface area contributed by atoms with Crippen molar-refractivity contribution in [3.63, 3.8) is 0 Å². The minimum atomic E-state index is -0.0471. The fraction of sp³-hybridized carbons (Fsp3) is 0.158. The summed E-state index contributed by atoms with van der Waals surface area (Å²) in [4.78, 5) is 20.6. The third-order valence-corrected chi connectivity index (χ3v) is 5.86. The summed E-state index contributed by atoms with van der Waals surface area (Å²) in [6.45, 7) is 1.09. The lowest BCUT2D eigenvalue weighted by atomic mass is 10.3. The number of nitrogens with zero attached hydrogens (tertiary/aromatic N) is 2. The number of para-hydroxylation sites is 1. The predicted octanol–water partition coefficient (Wildman–Crippen LogP) is 4.84. The minimum absolute atomic E-state index is 0.0471. The van der Waals surface area contributed by atoms with Gasteiger partial charge in [-0.2, -0.15) is 0 Å². The van der Waals surface area contributed by atoms with Crippen molar-refractivity contribution < 1.29 is 9.21 Å². The summed E-state index contributed by atoms with van der Waals surface area (Å²) in [6.07, 6.45) is 2.46. The maximum Gasteiger partial charge on any atom is 0.283 e. The lowest BCUT2D eigenvalue weighted by molar-refractivity contribution is 0.0733. The molecule has 0 saturated carbocycles. The minimum Gasteiger partial charge on any atom is -0.467 e. The Morgan fingerprint density at radius 2 is 2.04 bits per heavy atom. The molecular weight excluding hydrogens is 352 g/mol. The Kier molecular flexibility index (Phi) is 4.63. The molecule has 4 aromatic rings. The van der Waals surface area contributed by atoms with E-state index in [2.05, 4.69) is 16.4 Å². The van der Waals surface area contributed by atoms with Gasteiger partial charge in [0.2, 0.25) is 0 Å². The molecule has 0 bridgehead atoms. The second kappa shape index (κ2) is 7.21. The van der Waals surface area contributed by atoms with Gasteiger partial charge < -0.3 is 9.32 Å². The Bertz CT molecular complexity index is 926. The summed E-state index contributed by atoms with van der Waals surface area (Å²) >= 11 is 3.15. The van der Waals surface area contributed by atoms with E-state index in [0.717, 1.165) is 22.4 Å². The van der Waals surface area contributed by atoms with Crippen LogP contribution < -0.4 is 0 Å². The molecule has 1 aromatic carbocycles. The number of benzene rings is 1. The van der Waals surface area contributed by atoms with Crippen LogP contribution in [0.15, 0.2) is 64.6 Å². The largest absolute Gasteiger partial charge is 0.467 e. The zero-order valence-corrected chi connectivity index (χ0v) is 15.1. The van der Waals surface area contributed by atoms with Gasteiger partial charge in [0, 0.05) is 11.4 Å². The molecule has 126 valence electrons. The van der Waals surface area contributed by atoms with Crippen molar-refractivity contribution >= 4 is 38.8 Å². The summed E-state index contributed by atoms with van der Waals surface area (Å²) in [5.74, 6) is 0.731. The molecule has 6 heteroatoms. The highest BCUT2D eigenvalue weighted by molar-refractivity contribution is 7.20. The van der Waals surface area contributed by atoms with E-state index in [1.807, 2.05) is 47.4 Å². The first-order chi connectivity index (χ1) is 12.3. The van der Waals surface area contributed by atoms with Gasteiger partial charge in [-0.05, 0) is 42.1 Å². The molecule has 0 aliphatic rings. The number of thiazole rings is 1. The van der Waals surface area contributed by atoms with Crippen molar-refractivity contribution in [3.05, 3.63) is 75.8 Å². The lowest BCUT2D eigenvalue weighted by Gasteiger charge is -2.20. The van der Waals surface area contributed by atoms with Crippen molar-refractivity contribution in [3.8, 4) is 0 Å². The van der Waals surface area contributed by atoms with E-state index >= 15 is 0 Å². The lowest BCUT2D eigenvalue weighted by Crippen LogP contribution is -2.32. The number of rotatable bonds is 6. The molecular formula is C19H16N2O2S2. The molecule has 0 aliphatic carbocycles. The van der Waals surface area contributed by atoms with Gasteiger partial charge in [0.05, 0.1) is 23.0 Å². The normalized spacial score (nSPS) is 11.0. The number of furan rings is 1. The first kappa shape index (κ1) is 16.1. The molecule has 1 amide bonds. The molecule has 0 unspecified atom stereocenters.